The maximum absolute atomic E-state index is 6.94. The number of ether oxygens (including phenoxy) is 4. The van der Waals surface area contributed by atoms with Crippen LogP contribution in [0.15, 0.2) is 19.7 Å². The highest BCUT2D eigenvalue weighted by molar-refractivity contribution is 9.11. The number of hydrogen-bond acceptors (Lipinski definition) is 9. The lowest BCUT2D eigenvalue weighted by Crippen LogP contribution is -2.33. The van der Waals surface area contributed by atoms with Crippen molar-refractivity contribution in [1.29, 1.82) is 0 Å². The molecule has 3 aromatic heterocycles. The minimum atomic E-state index is 0.0152. The summed E-state index contributed by atoms with van der Waals surface area (Å²) in [5.74, 6) is 3.35. The first-order valence-electron chi connectivity index (χ1n) is 23.3. The van der Waals surface area contributed by atoms with E-state index in [1.54, 1.807) is 22.7 Å². The summed E-state index contributed by atoms with van der Waals surface area (Å²) in [6.07, 6.45) is 30.2. The predicted octanol–water partition coefficient (Wildman–Crippen LogP) is 17.6. The molecule has 0 atom stereocenters. The van der Waals surface area contributed by atoms with Crippen LogP contribution in [0.4, 0.5) is 0 Å². The van der Waals surface area contributed by atoms with Gasteiger partial charge in [0.15, 0.2) is 23.0 Å². The fourth-order valence-electron chi connectivity index (χ4n) is 9.07. The summed E-state index contributed by atoms with van der Waals surface area (Å²) in [6, 6.07) is 4.41. The molecule has 2 aliphatic heterocycles. The van der Waals surface area contributed by atoms with Gasteiger partial charge in [0, 0.05) is 22.0 Å². The first-order valence-corrected chi connectivity index (χ1v) is 27.2. The highest BCUT2D eigenvalue weighted by Gasteiger charge is 2.39. The van der Waals surface area contributed by atoms with Crippen LogP contribution in [0.25, 0.3) is 31.9 Å². The molecule has 0 fully saturated rings. The summed E-state index contributed by atoms with van der Waals surface area (Å²) < 4.78 is 39.3. The number of fused-ring (bicyclic) bond motifs is 3. The molecule has 11 heteroatoms. The molecule has 5 heterocycles. The van der Waals surface area contributed by atoms with Crippen LogP contribution >= 0.6 is 66.3 Å². The Morgan fingerprint density at radius 3 is 1.08 bits per heavy atom. The number of thiophene rings is 2. The van der Waals surface area contributed by atoms with Crippen LogP contribution in [0, 0.1) is 10.8 Å². The van der Waals surface area contributed by atoms with Crippen molar-refractivity contribution in [2.75, 3.05) is 26.4 Å². The van der Waals surface area contributed by atoms with Crippen molar-refractivity contribution in [3.05, 3.63) is 19.7 Å². The quantitative estimate of drug-likeness (QED) is 0.0584. The van der Waals surface area contributed by atoms with E-state index < -0.39 is 0 Å². The first-order chi connectivity index (χ1) is 28.9. The fourth-order valence-corrected chi connectivity index (χ4v) is 13.1. The average molecular weight is 995 g/mol. The molecular formula is C48H70Br2N2O4S3. The van der Waals surface area contributed by atoms with E-state index >= 15 is 0 Å². The van der Waals surface area contributed by atoms with Crippen LogP contribution < -0.4 is 18.9 Å². The molecule has 0 unspecified atom stereocenters. The molecule has 0 saturated carbocycles. The van der Waals surface area contributed by atoms with E-state index in [9.17, 15) is 0 Å². The van der Waals surface area contributed by atoms with Gasteiger partial charge in [-0.2, -0.15) is 8.75 Å². The van der Waals surface area contributed by atoms with Crippen molar-refractivity contribution in [3.8, 4) is 43.9 Å². The van der Waals surface area contributed by atoms with Gasteiger partial charge < -0.3 is 18.9 Å². The van der Waals surface area contributed by atoms with Crippen LogP contribution in [-0.4, -0.2) is 35.2 Å². The van der Waals surface area contributed by atoms with Gasteiger partial charge in [-0.25, -0.2) is 0 Å². The normalized spacial score (nSPS) is 15.8. The maximum atomic E-state index is 6.94. The molecule has 328 valence electrons. The van der Waals surface area contributed by atoms with E-state index in [4.69, 9.17) is 27.7 Å². The molecule has 0 N–H and O–H groups in total. The largest absolute Gasteiger partial charge is 0.487 e. The number of rotatable bonds is 26. The monoisotopic (exact) mass is 992 g/mol. The van der Waals surface area contributed by atoms with Gasteiger partial charge in [0.05, 0.1) is 47.9 Å². The summed E-state index contributed by atoms with van der Waals surface area (Å²) in [7, 11) is 0. The van der Waals surface area contributed by atoms with E-state index in [2.05, 4.69) is 71.7 Å². The second-order valence-corrected chi connectivity index (χ2v) is 22.9. The number of hydrogen-bond donors (Lipinski definition) is 0. The van der Waals surface area contributed by atoms with Crippen molar-refractivity contribution in [1.82, 2.24) is 8.75 Å². The lowest BCUT2D eigenvalue weighted by Gasteiger charge is -2.31. The van der Waals surface area contributed by atoms with Gasteiger partial charge in [0.25, 0.3) is 0 Å². The molecule has 59 heavy (non-hydrogen) atoms. The van der Waals surface area contributed by atoms with E-state index in [-0.39, 0.29) is 10.8 Å². The minimum Gasteiger partial charge on any atom is -0.487 e. The Hall–Kier alpha value is -1.40. The van der Waals surface area contributed by atoms with Crippen molar-refractivity contribution in [2.24, 2.45) is 10.8 Å². The predicted molar refractivity (Wildman–Crippen MR) is 260 cm³/mol. The molecule has 0 bridgehead atoms. The smallest absolute Gasteiger partial charge is 0.187 e. The molecule has 0 spiro atoms. The third kappa shape index (κ3) is 12.2. The van der Waals surface area contributed by atoms with Crippen LogP contribution in [-0.2, 0) is 0 Å². The van der Waals surface area contributed by atoms with Gasteiger partial charge in [0.1, 0.15) is 18.6 Å². The first kappa shape index (κ1) is 47.1. The lowest BCUT2D eigenvalue weighted by atomic mass is 9.79. The van der Waals surface area contributed by atoms with Gasteiger partial charge in [-0.3, -0.25) is 0 Å². The molecule has 6 rings (SSSR count). The van der Waals surface area contributed by atoms with Gasteiger partial charge in [-0.1, -0.05) is 168 Å². The Kier molecular flexibility index (Phi) is 19.1. The van der Waals surface area contributed by atoms with Crippen molar-refractivity contribution < 1.29 is 18.9 Å². The van der Waals surface area contributed by atoms with Crippen molar-refractivity contribution in [2.45, 2.75) is 182 Å². The molecular weight excluding hydrogens is 925 g/mol. The summed E-state index contributed by atoms with van der Waals surface area (Å²) >= 11 is 12.4. The Balaban J connectivity index is 1.24. The summed E-state index contributed by atoms with van der Waals surface area (Å²) in [4.78, 5) is 2.09. The average Bonchev–Trinajstić information content (AvgIpc) is 3.86. The number of benzene rings is 1. The third-order valence-corrected chi connectivity index (χ3v) is 17.0. The molecule has 4 aromatic rings. The maximum Gasteiger partial charge on any atom is 0.187 e. The second-order valence-electron chi connectivity index (χ2n) is 17.7. The number of aromatic nitrogens is 2. The molecule has 1 aromatic carbocycles. The Morgan fingerprint density at radius 1 is 0.458 bits per heavy atom. The van der Waals surface area contributed by atoms with Gasteiger partial charge in [0.2, 0.25) is 0 Å². The van der Waals surface area contributed by atoms with E-state index in [1.165, 1.54) is 140 Å². The Labute approximate surface area is 384 Å². The standard InChI is InChI=1S/C48H70Br2N2O4S3/c1-5-9-13-17-21-27-47(28-22-18-14-10-6-2)31-53-39-41(55-33-47)45(49)57-43(39)35-25-26-36(38-37(35)51-59-52-38)44-40-42(46(50)58-44)56-34-48(32-54-40,29-23-19-15-11-7-3)30-24-20-16-12-8-4/h25-26H,5-24,27-34H2,1-4H3. The summed E-state index contributed by atoms with van der Waals surface area (Å²) in [5, 5.41) is 0. The van der Waals surface area contributed by atoms with E-state index in [0.29, 0.717) is 26.4 Å². The topological polar surface area (TPSA) is 62.7 Å². The van der Waals surface area contributed by atoms with Crippen LogP contribution in [0.1, 0.15) is 182 Å². The lowest BCUT2D eigenvalue weighted by molar-refractivity contribution is 0.0781. The fraction of sp³-hybridized carbons (Fsp3) is 0.708. The molecule has 0 aliphatic carbocycles. The van der Waals surface area contributed by atoms with Crippen molar-refractivity contribution in [3.63, 3.8) is 0 Å². The Morgan fingerprint density at radius 2 is 0.763 bits per heavy atom. The molecule has 0 radical (unpaired) electrons. The van der Waals surface area contributed by atoms with Crippen molar-refractivity contribution >= 4 is 77.3 Å². The third-order valence-electron chi connectivity index (χ3n) is 12.8. The SMILES string of the molecule is CCCCCCCC1(CCCCCCC)COc2c(Br)sc(-c3ccc(-c4sc(Br)c5c4OCC(CCCCCCC)(CCCCCCC)CO5)c4nsnc34)c2OC1. The van der Waals surface area contributed by atoms with Gasteiger partial charge >= 0.3 is 0 Å². The highest BCUT2D eigenvalue weighted by Crippen LogP contribution is 2.57. The van der Waals surface area contributed by atoms with E-state index in [1.807, 2.05) is 0 Å². The summed E-state index contributed by atoms with van der Waals surface area (Å²) in [6.45, 7) is 11.9. The van der Waals surface area contributed by atoms with Crippen LogP contribution in [0.2, 0.25) is 0 Å². The Bertz CT molecular complexity index is 1710. The molecule has 2 aliphatic rings. The zero-order valence-electron chi connectivity index (χ0n) is 36.5. The second kappa shape index (κ2) is 23.9. The molecule has 6 nitrogen and oxygen atoms in total. The summed E-state index contributed by atoms with van der Waals surface area (Å²) in [5.41, 5.74) is 3.86. The van der Waals surface area contributed by atoms with Crippen LogP contribution in [0.5, 0.6) is 23.0 Å². The highest BCUT2D eigenvalue weighted by atomic mass is 79.9. The zero-order chi connectivity index (χ0) is 41.5. The van der Waals surface area contributed by atoms with Gasteiger partial charge in [-0.15, -0.1) is 22.7 Å². The number of halogens is 2. The zero-order valence-corrected chi connectivity index (χ0v) is 42.1. The van der Waals surface area contributed by atoms with Crippen LogP contribution in [0.3, 0.4) is 0 Å². The number of unbranched alkanes of at least 4 members (excludes halogenated alkanes) is 16. The molecule has 0 amide bonds. The number of nitrogens with zero attached hydrogens (tertiary/aromatic N) is 2. The van der Waals surface area contributed by atoms with Gasteiger partial charge in [-0.05, 0) is 57.5 Å². The minimum absolute atomic E-state index is 0.0152. The molecule has 0 saturated heterocycles. The van der Waals surface area contributed by atoms with E-state index in [0.717, 1.165) is 88.2 Å².